The second-order valence-corrected chi connectivity index (χ2v) is 7.38. The van der Waals surface area contributed by atoms with Gasteiger partial charge in [0.15, 0.2) is 0 Å². The lowest BCUT2D eigenvalue weighted by atomic mass is 9.96. The fraction of sp³-hybridized carbons (Fsp3) is 0.632. The number of carbonyl (C=O) groups excluding carboxylic acids is 1. The highest BCUT2D eigenvalue weighted by Crippen LogP contribution is 2.64. The molecule has 1 aromatic carbocycles. The van der Waals surface area contributed by atoms with Crippen molar-refractivity contribution in [1.82, 2.24) is 5.32 Å². The molecule has 1 aromatic rings. The Labute approximate surface area is 142 Å². The van der Waals surface area contributed by atoms with Crippen molar-refractivity contribution in [2.24, 2.45) is 11.3 Å². The average molecular weight is 335 g/mol. The molecule has 1 aliphatic heterocycles. The summed E-state index contributed by atoms with van der Waals surface area (Å²) >= 11 is 0. The van der Waals surface area contributed by atoms with Gasteiger partial charge < -0.3 is 14.8 Å². The third-order valence-electron chi connectivity index (χ3n) is 5.43. The molecule has 24 heavy (non-hydrogen) atoms. The minimum Gasteiger partial charge on any atom is -0.486 e. The molecule has 3 atom stereocenters. The van der Waals surface area contributed by atoms with E-state index in [0.29, 0.717) is 42.7 Å². The number of methoxy groups -OCH3 is 1. The van der Waals surface area contributed by atoms with Crippen LogP contribution in [0.25, 0.3) is 0 Å². The largest absolute Gasteiger partial charge is 0.486 e. The Balaban J connectivity index is 1.98. The van der Waals surface area contributed by atoms with Crippen LogP contribution in [0, 0.1) is 11.3 Å². The first-order valence-corrected chi connectivity index (χ1v) is 8.60. The molecule has 3 unspecified atom stereocenters. The van der Waals surface area contributed by atoms with Crippen LogP contribution in [0.2, 0.25) is 0 Å². The molecule has 0 radical (unpaired) electrons. The monoisotopic (exact) mass is 335 g/mol. The highest BCUT2D eigenvalue weighted by Gasteiger charge is 2.58. The number of fused-ring (bicyclic) bond motifs is 1. The molecule has 5 heteroatoms. The smallest absolute Gasteiger partial charge is 0.255 e. The van der Waals surface area contributed by atoms with E-state index in [1.807, 2.05) is 13.0 Å². The fourth-order valence-corrected chi connectivity index (χ4v) is 4.04. The molecule has 4 nitrogen and oxygen atoms in total. The Kier molecular flexibility index (Phi) is 4.56. The van der Waals surface area contributed by atoms with Gasteiger partial charge >= 0.3 is 0 Å². The van der Waals surface area contributed by atoms with Crippen molar-refractivity contribution in [2.45, 2.75) is 39.2 Å². The van der Waals surface area contributed by atoms with Gasteiger partial charge in [-0.1, -0.05) is 19.9 Å². The molecule has 2 aliphatic rings. The van der Waals surface area contributed by atoms with Gasteiger partial charge in [-0.15, -0.1) is 0 Å². The van der Waals surface area contributed by atoms with Gasteiger partial charge in [0.05, 0.1) is 12.2 Å². The van der Waals surface area contributed by atoms with Crippen LogP contribution >= 0.6 is 0 Å². The molecule has 0 aromatic heterocycles. The summed E-state index contributed by atoms with van der Waals surface area (Å²) in [5, 5.41) is 2.83. The fourth-order valence-electron chi connectivity index (χ4n) is 4.04. The van der Waals surface area contributed by atoms with E-state index in [-0.39, 0.29) is 11.3 Å². The summed E-state index contributed by atoms with van der Waals surface area (Å²) in [6.45, 7) is 7.04. The molecule has 132 valence electrons. The summed E-state index contributed by atoms with van der Waals surface area (Å²) in [6.07, 6.45) is 0.0409. The van der Waals surface area contributed by atoms with Gasteiger partial charge in [0, 0.05) is 20.1 Å². The molecule has 0 spiro atoms. The number of carbonyl (C=O) groups is 1. The molecule has 3 rings (SSSR count). The van der Waals surface area contributed by atoms with Crippen LogP contribution in [0.15, 0.2) is 12.1 Å². The highest BCUT2D eigenvalue weighted by atomic mass is 19.1. The van der Waals surface area contributed by atoms with Gasteiger partial charge in [-0.05, 0) is 41.4 Å². The molecular weight excluding hydrogens is 309 g/mol. The summed E-state index contributed by atoms with van der Waals surface area (Å²) < 4.78 is 24.1. The Hall–Kier alpha value is -1.62. The van der Waals surface area contributed by atoms with E-state index in [2.05, 4.69) is 25.2 Å². The number of amides is 1. The van der Waals surface area contributed by atoms with Crippen molar-refractivity contribution in [2.75, 3.05) is 26.9 Å². The SMILES string of the molecule is CCNC(=O)c1cc(C2C(COC)C2(C)C)cc2c1OC(CF)C2. The Morgan fingerprint density at radius 1 is 1.46 bits per heavy atom. The molecule has 1 fully saturated rings. The first kappa shape index (κ1) is 17.2. The van der Waals surface area contributed by atoms with Gasteiger partial charge in [-0.2, -0.15) is 0 Å². The number of rotatable bonds is 6. The predicted molar refractivity (Wildman–Crippen MR) is 90.4 cm³/mol. The van der Waals surface area contributed by atoms with Gasteiger partial charge in [0.25, 0.3) is 5.91 Å². The number of ether oxygens (including phenoxy) is 2. The van der Waals surface area contributed by atoms with Crippen LogP contribution in [0.1, 0.15) is 48.2 Å². The van der Waals surface area contributed by atoms with E-state index in [4.69, 9.17) is 9.47 Å². The first-order valence-electron chi connectivity index (χ1n) is 8.60. The summed E-state index contributed by atoms with van der Waals surface area (Å²) in [6, 6.07) is 4.02. The number of halogens is 1. The van der Waals surface area contributed by atoms with E-state index in [1.165, 1.54) is 0 Å². The summed E-state index contributed by atoms with van der Waals surface area (Å²) in [7, 11) is 1.72. The molecule has 1 saturated carbocycles. The Morgan fingerprint density at radius 3 is 2.83 bits per heavy atom. The number of alkyl halides is 1. The predicted octanol–water partition coefficient (Wildman–Crippen LogP) is 3.10. The summed E-state index contributed by atoms with van der Waals surface area (Å²) in [5.41, 5.74) is 2.74. The van der Waals surface area contributed by atoms with Crippen molar-refractivity contribution < 1.29 is 18.7 Å². The van der Waals surface area contributed by atoms with E-state index >= 15 is 0 Å². The van der Waals surface area contributed by atoms with Crippen molar-refractivity contribution in [1.29, 1.82) is 0 Å². The zero-order valence-electron chi connectivity index (χ0n) is 14.8. The first-order chi connectivity index (χ1) is 11.4. The zero-order valence-corrected chi connectivity index (χ0v) is 14.8. The Bertz CT molecular complexity index is 644. The molecule has 1 N–H and O–H groups in total. The lowest BCUT2D eigenvalue weighted by Crippen LogP contribution is -2.24. The molecule has 1 amide bonds. The third kappa shape index (κ3) is 2.79. The maximum Gasteiger partial charge on any atom is 0.255 e. The van der Waals surface area contributed by atoms with Gasteiger partial charge in [-0.3, -0.25) is 4.79 Å². The van der Waals surface area contributed by atoms with E-state index < -0.39 is 12.8 Å². The topological polar surface area (TPSA) is 47.6 Å². The second-order valence-electron chi connectivity index (χ2n) is 7.38. The van der Waals surface area contributed by atoms with Crippen molar-refractivity contribution in [3.8, 4) is 5.75 Å². The number of nitrogens with one attached hydrogen (secondary N) is 1. The maximum atomic E-state index is 13.1. The van der Waals surface area contributed by atoms with Crippen LogP contribution < -0.4 is 10.1 Å². The standard InChI is InChI=1S/C19H26FNO3/c1-5-21-18(22)14-8-11(16-15(10-23-4)19(16,2)3)6-12-7-13(9-20)24-17(12)14/h6,8,13,15-16H,5,7,9-10H2,1-4H3,(H,21,22). The molecule has 0 bridgehead atoms. The van der Waals surface area contributed by atoms with Crippen LogP contribution in [-0.2, 0) is 11.2 Å². The van der Waals surface area contributed by atoms with E-state index in [9.17, 15) is 9.18 Å². The maximum absolute atomic E-state index is 13.1. The third-order valence-corrected chi connectivity index (χ3v) is 5.43. The van der Waals surface area contributed by atoms with Crippen LogP contribution in [0.3, 0.4) is 0 Å². The lowest BCUT2D eigenvalue weighted by molar-refractivity contribution is 0.0949. The number of hydrogen-bond donors (Lipinski definition) is 1. The normalized spacial score (nSPS) is 26.6. The Morgan fingerprint density at radius 2 is 2.21 bits per heavy atom. The van der Waals surface area contributed by atoms with E-state index in [1.54, 1.807) is 7.11 Å². The molecule has 1 heterocycles. The molecular formula is C19H26FNO3. The van der Waals surface area contributed by atoms with E-state index in [0.717, 1.165) is 11.1 Å². The van der Waals surface area contributed by atoms with Crippen molar-refractivity contribution in [3.05, 3.63) is 28.8 Å². The van der Waals surface area contributed by atoms with Gasteiger partial charge in [0.2, 0.25) is 0 Å². The van der Waals surface area contributed by atoms with Crippen molar-refractivity contribution >= 4 is 5.91 Å². The van der Waals surface area contributed by atoms with Gasteiger partial charge in [-0.25, -0.2) is 4.39 Å². The van der Waals surface area contributed by atoms with Crippen molar-refractivity contribution in [3.63, 3.8) is 0 Å². The quantitative estimate of drug-likeness (QED) is 0.869. The minimum atomic E-state index is -0.542. The second kappa shape index (κ2) is 6.36. The minimum absolute atomic E-state index is 0.141. The highest BCUT2D eigenvalue weighted by molar-refractivity contribution is 5.98. The van der Waals surface area contributed by atoms with Crippen LogP contribution in [-0.4, -0.2) is 38.9 Å². The molecule has 1 aliphatic carbocycles. The van der Waals surface area contributed by atoms with Crippen LogP contribution in [0.5, 0.6) is 5.75 Å². The lowest BCUT2D eigenvalue weighted by Gasteiger charge is -2.12. The summed E-state index contributed by atoms with van der Waals surface area (Å²) in [4.78, 5) is 12.5. The average Bonchev–Trinajstić information content (AvgIpc) is 2.91. The number of hydrogen-bond acceptors (Lipinski definition) is 3. The van der Waals surface area contributed by atoms with Gasteiger partial charge in [0.1, 0.15) is 18.5 Å². The number of benzene rings is 1. The molecule has 0 saturated heterocycles. The summed E-state index contributed by atoms with van der Waals surface area (Å²) in [5.74, 6) is 1.17. The zero-order chi connectivity index (χ0) is 17.5. The van der Waals surface area contributed by atoms with Crippen LogP contribution in [0.4, 0.5) is 4.39 Å².